The highest BCUT2D eigenvalue weighted by Gasteiger charge is 2.16. The number of hydrogen-bond donors (Lipinski definition) is 1. The summed E-state index contributed by atoms with van der Waals surface area (Å²) >= 11 is 12.2. The summed E-state index contributed by atoms with van der Waals surface area (Å²) in [5.41, 5.74) is 0.580. The van der Waals surface area contributed by atoms with E-state index in [4.69, 9.17) is 27.7 Å². The van der Waals surface area contributed by atoms with Crippen LogP contribution in [0, 0.1) is 0 Å². The van der Waals surface area contributed by atoms with Gasteiger partial charge in [-0.25, -0.2) is 0 Å². The molecule has 1 aromatic heterocycles. The Balaban J connectivity index is 0.00000180. The Bertz CT molecular complexity index is 525. The SMILES string of the molecule is CNC(C)Cc1noc(-c2c(Cl)cccc2Cl)n1.Cl. The van der Waals surface area contributed by atoms with E-state index in [1.807, 2.05) is 14.0 Å². The number of benzene rings is 1. The van der Waals surface area contributed by atoms with Crippen LogP contribution in [-0.2, 0) is 6.42 Å². The first kappa shape index (κ1) is 16.2. The number of aromatic nitrogens is 2. The molecule has 1 aromatic carbocycles. The van der Waals surface area contributed by atoms with E-state index in [-0.39, 0.29) is 18.4 Å². The molecule has 1 atom stereocenters. The van der Waals surface area contributed by atoms with Crippen molar-refractivity contribution >= 4 is 35.6 Å². The zero-order valence-electron chi connectivity index (χ0n) is 10.5. The summed E-state index contributed by atoms with van der Waals surface area (Å²) in [4.78, 5) is 4.30. The van der Waals surface area contributed by atoms with Gasteiger partial charge in [-0.2, -0.15) is 4.98 Å². The second-order valence-electron chi connectivity index (χ2n) is 4.01. The minimum absolute atomic E-state index is 0. The van der Waals surface area contributed by atoms with Crippen molar-refractivity contribution in [2.24, 2.45) is 0 Å². The lowest BCUT2D eigenvalue weighted by atomic mass is 10.2. The van der Waals surface area contributed by atoms with Gasteiger partial charge >= 0.3 is 0 Å². The van der Waals surface area contributed by atoms with Crippen molar-refractivity contribution in [3.8, 4) is 11.5 Å². The minimum atomic E-state index is 0. The minimum Gasteiger partial charge on any atom is -0.334 e. The van der Waals surface area contributed by atoms with Gasteiger partial charge in [0.2, 0.25) is 0 Å². The number of halogens is 3. The van der Waals surface area contributed by atoms with E-state index in [1.165, 1.54) is 0 Å². The van der Waals surface area contributed by atoms with Crippen LogP contribution < -0.4 is 5.32 Å². The molecule has 0 fully saturated rings. The van der Waals surface area contributed by atoms with Crippen molar-refractivity contribution in [2.45, 2.75) is 19.4 Å². The highest BCUT2D eigenvalue weighted by molar-refractivity contribution is 6.38. The Kier molecular flexibility index (Phi) is 6.07. The number of nitrogens with zero attached hydrogens (tertiary/aromatic N) is 2. The lowest BCUT2D eigenvalue weighted by Crippen LogP contribution is -2.24. The molecular weight excluding hydrogens is 309 g/mol. The van der Waals surface area contributed by atoms with Gasteiger partial charge in [0.25, 0.3) is 5.89 Å². The van der Waals surface area contributed by atoms with Gasteiger partial charge in [-0.15, -0.1) is 12.4 Å². The molecule has 0 spiro atoms. The van der Waals surface area contributed by atoms with Gasteiger partial charge in [0.15, 0.2) is 5.82 Å². The van der Waals surface area contributed by atoms with Crippen LogP contribution in [-0.4, -0.2) is 23.2 Å². The van der Waals surface area contributed by atoms with Crippen LogP contribution in [0.4, 0.5) is 0 Å². The Labute approximate surface area is 127 Å². The van der Waals surface area contributed by atoms with Gasteiger partial charge in [-0.05, 0) is 26.1 Å². The summed E-state index contributed by atoms with van der Waals surface area (Å²) in [6.07, 6.45) is 0.683. The molecule has 0 radical (unpaired) electrons. The molecule has 104 valence electrons. The van der Waals surface area contributed by atoms with Gasteiger partial charge in [-0.1, -0.05) is 34.4 Å². The molecule has 0 aliphatic carbocycles. The van der Waals surface area contributed by atoms with Gasteiger partial charge < -0.3 is 9.84 Å². The third-order valence-electron chi connectivity index (χ3n) is 2.63. The third-order valence-corrected chi connectivity index (χ3v) is 3.26. The Morgan fingerprint density at radius 3 is 2.53 bits per heavy atom. The summed E-state index contributed by atoms with van der Waals surface area (Å²) in [5.74, 6) is 0.978. The predicted molar refractivity (Wildman–Crippen MR) is 79.2 cm³/mol. The number of rotatable bonds is 4. The molecule has 0 aliphatic heterocycles. The number of hydrogen-bond acceptors (Lipinski definition) is 4. The van der Waals surface area contributed by atoms with Crippen LogP contribution in [0.3, 0.4) is 0 Å². The van der Waals surface area contributed by atoms with Gasteiger partial charge in [0.05, 0.1) is 15.6 Å². The summed E-state index contributed by atoms with van der Waals surface area (Å²) < 4.78 is 5.20. The summed E-state index contributed by atoms with van der Waals surface area (Å²) in [6, 6.07) is 5.53. The first-order valence-corrected chi connectivity index (χ1v) is 6.31. The van der Waals surface area contributed by atoms with E-state index in [0.717, 1.165) is 0 Å². The van der Waals surface area contributed by atoms with Crippen LogP contribution in [0.2, 0.25) is 10.0 Å². The molecule has 2 aromatic rings. The quantitative estimate of drug-likeness (QED) is 0.934. The normalized spacial score (nSPS) is 12.0. The number of likely N-dealkylation sites (N-methyl/N-ethyl adjacent to an activating group) is 1. The fourth-order valence-corrected chi connectivity index (χ4v) is 2.08. The molecule has 1 N–H and O–H groups in total. The third kappa shape index (κ3) is 3.83. The van der Waals surface area contributed by atoms with Crippen molar-refractivity contribution in [1.82, 2.24) is 15.5 Å². The largest absolute Gasteiger partial charge is 0.334 e. The van der Waals surface area contributed by atoms with Crippen molar-refractivity contribution < 1.29 is 4.52 Å². The van der Waals surface area contributed by atoms with Crippen molar-refractivity contribution in [3.63, 3.8) is 0 Å². The molecule has 2 rings (SSSR count). The van der Waals surface area contributed by atoms with Crippen molar-refractivity contribution in [1.29, 1.82) is 0 Å². The predicted octanol–water partition coefficient (Wildman–Crippen LogP) is 3.62. The first-order chi connectivity index (χ1) is 8.61. The fraction of sp³-hybridized carbons (Fsp3) is 0.333. The molecule has 0 saturated carbocycles. The van der Waals surface area contributed by atoms with Crippen LogP contribution in [0.1, 0.15) is 12.7 Å². The molecule has 0 bridgehead atoms. The van der Waals surface area contributed by atoms with Crippen LogP contribution in [0.15, 0.2) is 22.7 Å². The molecule has 7 heteroatoms. The molecule has 1 heterocycles. The highest BCUT2D eigenvalue weighted by atomic mass is 35.5. The maximum Gasteiger partial charge on any atom is 0.260 e. The fourth-order valence-electron chi connectivity index (χ4n) is 1.52. The zero-order chi connectivity index (χ0) is 13.1. The maximum absolute atomic E-state index is 6.08. The van der Waals surface area contributed by atoms with Gasteiger partial charge in [0.1, 0.15) is 0 Å². The van der Waals surface area contributed by atoms with Crippen LogP contribution in [0.5, 0.6) is 0 Å². The Morgan fingerprint density at radius 1 is 1.32 bits per heavy atom. The molecule has 0 amide bonds. The molecular formula is C12H14Cl3N3O. The second kappa shape index (κ2) is 7.10. The van der Waals surface area contributed by atoms with E-state index >= 15 is 0 Å². The van der Waals surface area contributed by atoms with Crippen LogP contribution in [0.25, 0.3) is 11.5 Å². The molecule has 0 aliphatic rings. The first-order valence-electron chi connectivity index (χ1n) is 5.56. The van der Waals surface area contributed by atoms with E-state index in [9.17, 15) is 0 Å². The number of nitrogens with one attached hydrogen (secondary N) is 1. The summed E-state index contributed by atoms with van der Waals surface area (Å²) in [6.45, 7) is 2.04. The maximum atomic E-state index is 6.08. The lowest BCUT2D eigenvalue weighted by Gasteiger charge is -2.04. The average Bonchev–Trinajstić information content (AvgIpc) is 2.77. The summed E-state index contributed by atoms with van der Waals surface area (Å²) in [5, 5.41) is 8.03. The molecule has 0 saturated heterocycles. The van der Waals surface area contributed by atoms with Crippen LogP contribution >= 0.6 is 35.6 Å². The monoisotopic (exact) mass is 321 g/mol. The Morgan fingerprint density at radius 2 is 1.95 bits per heavy atom. The second-order valence-corrected chi connectivity index (χ2v) is 4.82. The summed E-state index contributed by atoms with van der Waals surface area (Å²) in [7, 11) is 1.89. The van der Waals surface area contributed by atoms with Crippen molar-refractivity contribution in [3.05, 3.63) is 34.1 Å². The molecule has 4 nitrogen and oxygen atoms in total. The molecule has 1 unspecified atom stereocenters. The lowest BCUT2D eigenvalue weighted by molar-refractivity contribution is 0.418. The standard InChI is InChI=1S/C12H13Cl2N3O.ClH/c1-7(15-2)6-10-16-12(18-17-10)11-8(13)4-3-5-9(11)14;/h3-5,7,15H,6H2,1-2H3;1H. The Hall–Kier alpha value is -0.810. The van der Waals surface area contributed by atoms with Crippen molar-refractivity contribution in [2.75, 3.05) is 7.05 Å². The molecule has 19 heavy (non-hydrogen) atoms. The van der Waals surface area contributed by atoms with E-state index < -0.39 is 0 Å². The smallest absolute Gasteiger partial charge is 0.260 e. The average molecular weight is 323 g/mol. The van der Waals surface area contributed by atoms with E-state index in [2.05, 4.69) is 15.5 Å². The van der Waals surface area contributed by atoms with E-state index in [0.29, 0.717) is 33.7 Å². The van der Waals surface area contributed by atoms with Gasteiger partial charge in [-0.3, -0.25) is 0 Å². The topological polar surface area (TPSA) is 51.0 Å². The van der Waals surface area contributed by atoms with E-state index in [1.54, 1.807) is 18.2 Å². The zero-order valence-corrected chi connectivity index (χ0v) is 12.8. The highest BCUT2D eigenvalue weighted by Crippen LogP contribution is 2.33. The van der Waals surface area contributed by atoms with Gasteiger partial charge in [0, 0.05) is 12.5 Å².